The van der Waals surface area contributed by atoms with Crippen LogP contribution in [0.5, 0.6) is 0 Å². The van der Waals surface area contributed by atoms with E-state index in [1.807, 2.05) is 12.1 Å². The highest BCUT2D eigenvalue weighted by Gasteiger charge is 2.16. The van der Waals surface area contributed by atoms with E-state index in [1.54, 1.807) is 5.57 Å². The first-order valence-electron chi connectivity index (χ1n) is 6.85. The van der Waals surface area contributed by atoms with Gasteiger partial charge in [0.15, 0.2) is 0 Å². The molecule has 0 atom stereocenters. The van der Waals surface area contributed by atoms with Gasteiger partial charge >= 0.3 is 0 Å². The molecule has 19 heavy (non-hydrogen) atoms. The number of allylic oxidation sites excluding steroid dienone is 1. The van der Waals surface area contributed by atoms with Crippen LogP contribution in [0, 0.1) is 0 Å². The van der Waals surface area contributed by atoms with Gasteiger partial charge < -0.3 is 0 Å². The van der Waals surface area contributed by atoms with Gasteiger partial charge in [-0.05, 0) is 47.2 Å². The maximum absolute atomic E-state index is 5.97. The molecule has 1 aliphatic rings. The Bertz CT molecular complexity index is 621. The van der Waals surface area contributed by atoms with Crippen LogP contribution in [0.3, 0.4) is 0 Å². The highest BCUT2D eigenvalue weighted by Crippen LogP contribution is 2.35. The number of hydrogen-bond acceptors (Lipinski definition) is 0. The van der Waals surface area contributed by atoms with Gasteiger partial charge in [-0.25, -0.2) is 0 Å². The van der Waals surface area contributed by atoms with Crippen molar-refractivity contribution in [2.45, 2.75) is 26.2 Å². The summed E-state index contributed by atoms with van der Waals surface area (Å²) in [7, 11) is 0. The second-order valence-corrected chi connectivity index (χ2v) is 5.55. The molecule has 0 amide bonds. The molecule has 0 fully saturated rings. The highest BCUT2D eigenvalue weighted by molar-refractivity contribution is 6.30. The lowest BCUT2D eigenvalue weighted by Crippen LogP contribution is -1.90. The fourth-order valence-corrected chi connectivity index (χ4v) is 2.94. The van der Waals surface area contributed by atoms with E-state index in [0.717, 1.165) is 11.4 Å². The van der Waals surface area contributed by atoms with Crippen LogP contribution in [0.2, 0.25) is 5.02 Å². The first kappa shape index (κ1) is 12.5. The second kappa shape index (κ2) is 5.22. The minimum atomic E-state index is 0.793. The lowest BCUT2D eigenvalue weighted by atomic mass is 9.95. The standard InChI is InChI=1S/C18H17Cl/c1-2-4-13-11-15-5-3-6-17(18(15)12-13)14-7-9-16(19)10-8-14/h3,5-11H,2,4,12H2,1H3. The molecule has 0 spiro atoms. The zero-order valence-electron chi connectivity index (χ0n) is 11.1. The topological polar surface area (TPSA) is 0 Å². The Hall–Kier alpha value is -1.53. The molecule has 0 nitrogen and oxygen atoms in total. The third-order valence-corrected chi connectivity index (χ3v) is 3.95. The van der Waals surface area contributed by atoms with Gasteiger partial charge in [0.2, 0.25) is 0 Å². The number of rotatable bonds is 3. The first-order chi connectivity index (χ1) is 9.28. The number of halogens is 1. The Morgan fingerprint density at radius 2 is 1.84 bits per heavy atom. The molecule has 0 N–H and O–H groups in total. The first-order valence-corrected chi connectivity index (χ1v) is 7.23. The number of hydrogen-bond donors (Lipinski definition) is 0. The van der Waals surface area contributed by atoms with Crippen LogP contribution in [-0.4, -0.2) is 0 Å². The van der Waals surface area contributed by atoms with Gasteiger partial charge in [-0.2, -0.15) is 0 Å². The van der Waals surface area contributed by atoms with E-state index in [4.69, 9.17) is 11.6 Å². The summed E-state index contributed by atoms with van der Waals surface area (Å²) in [6.45, 7) is 2.24. The average molecular weight is 269 g/mol. The molecule has 2 aromatic carbocycles. The minimum Gasteiger partial charge on any atom is -0.0843 e. The van der Waals surface area contributed by atoms with Crippen molar-refractivity contribution in [3.63, 3.8) is 0 Å². The van der Waals surface area contributed by atoms with E-state index >= 15 is 0 Å². The summed E-state index contributed by atoms with van der Waals surface area (Å²) in [5.41, 5.74) is 7.01. The molecule has 0 heterocycles. The maximum atomic E-state index is 5.97. The summed E-state index contributed by atoms with van der Waals surface area (Å²) in [6.07, 6.45) is 5.88. The summed E-state index contributed by atoms with van der Waals surface area (Å²) in [5, 5.41) is 0.793. The van der Waals surface area contributed by atoms with E-state index in [-0.39, 0.29) is 0 Å². The van der Waals surface area contributed by atoms with E-state index in [9.17, 15) is 0 Å². The summed E-state index contributed by atoms with van der Waals surface area (Å²) in [4.78, 5) is 0. The van der Waals surface area contributed by atoms with Crippen LogP contribution in [0.25, 0.3) is 17.2 Å². The number of benzene rings is 2. The van der Waals surface area contributed by atoms with Crippen LogP contribution in [0.1, 0.15) is 30.9 Å². The third-order valence-electron chi connectivity index (χ3n) is 3.70. The lowest BCUT2D eigenvalue weighted by molar-refractivity contribution is 0.887. The van der Waals surface area contributed by atoms with Crippen LogP contribution >= 0.6 is 11.6 Å². The summed E-state index contributed by atoms with van der Waals surface area (Å²) in [5.74, 6) is 0. The molecule has 0 saturated heterocycles. The average Bonchev–Trinajstić information content (AvgIpc) is 2.82. The fraction of sp³-hybridized carbons (Fsp3) is 0.222. The minimum absolute atomic E-state index is 0.793. The van der Waals surface area contributed by atoms with Crippen molar-refractivity contribution in [2.75, 3.05) is 0 Å². The van der Waals surface area contributed by atoms with Gasteiger partial charge in [0.05, 0.1) is 0 Å². The molecule has 0 aromatic heterocycles. The molecule has 2 aromatic rings. The van der Waals surface area contributed by atoms with Crippen molar-refractivity contribution in [3.8, 4) is 11.1 Å². The second-order valence-electron chi connectivity index (χ2n) is 5.11. The normalized spacial score (nSPS) is 13.3. The van der Waals surface area contributed by atoms with Gasteiger partial charge in [-0.1, -0.05) is 66.9 Å². The Balaban J connectivity index is 2.00. The predicted octanol–water partition coefficient (Wildman–Crippen LogP) is 5.75. The summed E-state index contributed by atoms with van der Waals surface area (Å²) < 4.78 is 0. The molecular weight excluding hydrogens is 252 g/mol. The lowest BCUT2D eigenvalue weighted by Gasteiger charge is -2.09. The summed E-state index contributed by atoms with van der Waals surface area (Å²) >= 11 is 5.97. The molecule has 3 rings (SSSR count). The van der Waals surface area contributed by atoms with E-state index in [0.29, 0.717) is 0 Å². The van der Waals surface area contributed by atoms with Crippen molar-refractivity contribution in [1.82, 2.24) is 0 Å². The van der Waals surface area contributed by atoms with Gasteiger partial charge in [0.1, 0.15) is 0 Å². The zero-order chi connectivity index (χ0) is 13.2. The van der Waals surface area contributed by atoms with Gasteiger partial charge in [0.25, 0.3) is 0 Å². The zero-order valence-corrected chi connectivity index (χ0v) is 11.9. The Morgan fingerprint density at radius 1 is 1.05 bits per heavy atom. The predicted molar refractivity (Wildman–Crippen MR) is 83.5 cm³/mol. The molecular formula is C18H17Cl. The van der Waals surface area contributed by atoms with Crippen molar-refractivity contribution >= 4 is 17.7 Å². The molecule has 0 saturated carbocycles. The highest BCUT2D eigenvalue weighted by atomic mass is 35.5. The largest absolute Gasteiger partial charge is 0.0843 e. The van der Waals surface area contributed by atoms with Crippen molar-refractivity contribution in [3.05, 3.63) is 64.2 Å². The SMILES string of the molecule is CCCC1=Cc2cccc(-c3ccc(Cl)cc3)c2C1. The third kappa shape index (κ3) is 2.46. The molecule has 1 heteroatoms. The molecule has 0 unspecified atom stereocenters. The smallest absolute Gasteiger partial charge is 0.0406 e. The molecule has 0 radical (unpaired) electrons. The van der Waals surface area contributed by atoms with Crippen molar-refractivity contribution in [1.29, 1.82) is 0 Å². The fourth-order valence-electron chi connectivity index (χ4n) is 2.82. The van der Waals surface area contributed by atoms with E-state index in [2.05, 4.69) is 43.3 Å². The molecule has 0 bridgehead atoms. The Kier molecular flexibility index (Phi) is 3.44. The van der Waals surface area contributed by atoms with Crippen molar-refractivity contribution in [2.24, 2.45) is 0 Å². The van der Waals surface area contributed by atoms with E-state index in [1.165, 1.54) is 35.1 Å². The summed E-state index contributed by atoms with van der Waals surface area (Å²) in [6, 6.07) is 14.7. The Morgan fingerprint density at radius 3 is 2.58 bits per heavy atom. The molecule has 0 aliphatic heterocycles. The maximum Gasteiger partial charge on any atom is 0.0406 e. The van der Waals surface area contributed by atoms with Crippen LogP contribution in [0.4, 0.5) is 0 Å². The van der Waals surface area contributed by atoms with Crippen LogP contribution in [0.15, 0.2) is 48.0 Å². The van der Waals surface area contributed by atoms with Crippen LogP contribution in [-0.2, 0) is 6.42 Å². The van der Waals surface area contributed by atoms with Gasteiger partial charge in [0, 0.05) is 5.02 Å². The quantitative estimate of drug-likeness (QED) is 0.665. The van der Waals surface area contributed by atoms with E-state index < -0.39 is 0 Å². The molecule has 1 aliphatic carbocycles. The van der Waals surface area contributed by atoms with Gasteiger partial charge in [-0.15, -0.1) is 0 Å². The number of fused-ring (bicyclic) bond motifs is 1. The van der Waals surface area contributed by atoms with Crippen molar-refractivity contribution < 1.29 is 0 Å². The Labute approximate surface area is 119 Å². The van der Waals surface area contributed by atoms with Gasteiger partial charge in [-0.3, -0.25) is 0 Å². The van der Waals surface area contributed by atoms with Crippen LogP contribution < -0.4 is 0 Å². The molecule has 96 valence electrons. The monoisotopic (exact) mass is 268 g/mol.